The fraction of sp³-hybridized carbons (Fsp3) is 0.300. The maximum absolute atomic E-state index is 12.6. The maximum atomic E-state index is 12.6. The number of hydrogen-bond donors (Lipinski definition) is 0. The number of Topliss-reactive ketones (excluding diaryl/α,β-unsaturated/α-hetero) is 1. The number of hydrogen-bond acceptors (Lipinski definition) is 3. The first-order valence-electron chi connectivity index (χ1n) is 4.35. The van der Waals surface area contributed by atoms with Crippen LogP contribution in [0.25, 0.3) is 0 Å². The van der Waals surface area contributed by atoms with Crippen LogP contribution in [0.4, 0.5) is 4.39 Å². The number of carbonyl (C=O) groups is 1. The molecular weight excluding hydrogens is 219 g/mol. The van der Waals surface area contributed by atoms with Crippen LogP contribution < -0.4 is 0 Å². The molecule has 0 aliphatic heterocycles. The van der Waals surface area contributed by atoms with Crippen molar-refractivity contribution in [3.05, 3.63) is 30.1 Å². The molecule has 0 bridgehead atoms. The van der Waals surface area contributed by atoms with Gasteiger partial charge in [-0.25, -0.2) is 12.8 Å². The van der Waals surface area contributed by atoms with Gasteiger partial charge in [0.1, 0.15) is 16.9 Å². The van der Waals surface area contributed by atoms with Crippen LogP contribution in [0.5, 0.6) is 0 Å². The van der Waals surface area contributed by atoms with Gasteiger partial charge in [-0.3, -0.25) is 4.79 Å². The van der Waals surface area contributed by atoms with Gasteiger partial charge in [-0.2, -0.15) is 0 Å². The first-order chi connectivity index (χ1) is 6.85. The van der Waals surface area contributed by atoms with Crippen LogP contribution in [-0.4, -0.2) is 19.5 Å². The highest BCUT2D eigenvalue weighted by Gasteiger charge is 2.26. The van der Waals surface area contributed by atoms with Crippen LogP contribution in [0.2, 0.25) is 0 Å². The molecule has 0 saturated carbocycles. The van der Waals surface area contributed by atoms with Crippen molar-refractivity contribution in [1.29, 1.82) is 0 Å². The van der Waals surface area contributed by atoms with Crippen molar-refractivity contribution in [3.63, 3.8) is 0 Å². The quantitative estimate of drug-likeness (QED) is 0.741. The summed E-state index contributed by atoms with van der Waals surface area (Å²) in [4.78, 5) is 10.9. The van der Waals surface area contributed by atoms with Crippen LogP contribution in [0.1, 0.15) is 13.8 Å². The van der Waals surface area contributed by atoms with Crippen molar-refractivity contribution >= 4 is 15.6 Å². The maximum Gasteiger partial charge on any atom is 0.188 e. The van der Waals surface area contributed by atoms with Crippen LogP contribution in [0, 0.1) is 5.82 Å². The van der Waals surface area contributed by atoms with Crippen molar-refractivity contribution in [3.8, 4) is 0 Å². The molecule has 0 saturated heterocycles. The normalized spacial score (nSPS) is 13.5. The zero-order valence-electron chi connectivity index (χ0n) is 8.40. The minimum atomic E-state index is -3.67. The summed E-state index contributed by atoms with van der Waals surface area (Å²) < 4.78 is 36.1. The highest BCUT2D eigenvalue weighted by molar-refractivity contribution is 7.92. The van der Waals surface area contributed by atoms with Gasteiger partial charge in [0, 0.05) is 0 Å². The summed E-state index contributed by atoms with van der Waals surface area (Å²) in [5.41, 5.74) is 0. The lowest BCUT2D eigenvalue weighted by molar-refractivity contribution is -0.116. The fourth-order valence-electron chi connectivity index (χ4n) is 1.05. The van der Waals surface area contributed by atoms with E-state index < -0.39 is 26.7 Å². The Morgan fingerprint density at radius 1 is 1.27 bits per heavy atom. The molecule has 0 amide bonds. The van der Waals surface area contributed by atoms with Crippen LogP contribution in [-0.2, 0) is 14.6 Å². The number of rotatable bonds is 3. The third-order valence-electron chi connectivity index (χ3n) is 2.18. The average molecular weight is 230 g/mol. The lowest BCUT2D eigenvalue weighted by Crippen LogP contribution is -2.25. The van der Waals surface area contributed by atoms with E-state index in [1.165, 1.54) is 13.8 Å². The molecule has 0 fully saturated rings. The zero-order valence-corrected chi connectivity index (χ0v) is 9.21. The van der Waals surface area contributed by atoms with Crippen molar-refractivity contribution in [2.45, 2.75) is 24.0 Å². The standard InChI is InChI=1S/C10H11FO3S/c1-7(12)8(2)15(13,14)10-5-3-9(11)4-6-10/h3-6,8H,1-2H3. The molecule has 0 aliphatic carbocycles. The smallest absolute Gasteiger partial charge is 0.188 e. The van der Waals surface area contributed by atoms with E-state index in [1.807, 2.05) is 0 Å². The van der Waals surface area contributed by atoms with E-state index in [4.69, 9.17) is 0 Å². The second-order valence-corrected chi connectivity index (χ2v) is 5.52. The summed E-state index contributed by atoms with van der Waals surface area (Å²) in [6, 6.07) is 4.42. The van der Waals surface area contributed by atoms with Crippen LogP contribution in [0.3, 0.4) is 0 Å². The molecule has 1 aromatic rings. The predicted molar refractivity (Wildman–Crippen MR) is 53.7 cm³/mol. The summed E-state index contributed by atoms with van der Waals surface area (Å²) >= 11 is 0. The minimum absolute atomic E-state index is 0.0356. The molecule has 15 heavy (non-hydrogen) atoms. The lowest BCUT2D eigenvalue weighted by Gasteiger charge is -2.09. The molecule has 5 heteroatoms. The van der Waals surface area contributed by atoms with Crippen molar-refractivity contribution < 1.29 is 17.6 Å². The van der Waals surface area contributed by atoms with Crippen LogP contribution >= 0.6 is 0 Å². The Balaban J connectivity index is 3.17. The first-order valence-corrected chi connectivity index (χ1v) is 5.90. The zero-order chi connectivity index (χ0) is 11.6. The molecule has 0 radical (unpaired) electrons. The molecule has 1 atom stereocenters. The first kappa shape index (κ1) is 11.8. The van der Waals surface area contributed by atoms with Gasteiger partial charge in [0.2, 0.25) is 0 Å². The van der Waals surface area contributed by atoms with Gasteiger partial charge >= 0.3 is 0 Å². The molecule has 0 aromatic heterocycles. The average Bonchev–Trinajstić information content (AvgIpc) is 2.17. The largest absolute Gasteiger partial charge is 0.299 e. The monoisotopic (exact) mass is 230 g/mol. The van der Waals surface area contributed by atoms with Crippen LogP contribution in [0.15, 0.2) is 29.2 Å². The number of carbonyl (C=O) groups excluding carboxylic acids is 1. The number of halogens is 1. The second-order valence-electron chi connectivity index (χ2n) is 3.25. The third kappa shape index (κ3) is 2.41. The predicted octanol–water partition coefficient (Wildman–Crippen LogP) is 1.58. The van der Waals surface area contributed by atoms with Crippen molar-refractivity contribution in [1.82, 2.24) is 0 Å². The molecule has 1 rings (SSSR count). The SMILES string of the molecule is CC(=O)C(C)S(=O)(=O)c1ccc(F)cc1. The van der Waals surface area contributed by atoms with E-state index in [9.17, 15) is 17.6 Å². The van der Waals surface area contributed by atoms with Crippen molar-refractivity contribution in [2.75, 3.05) is 0 Å². The molecular formula is C10H11FO3S. The summed E-state index contributed by atoms with van der Waals surface area (Å²) in [7, 11) is -3.67. The van der Waals surface area contributed by atoms with E-state index in [1.54, 1.807) is 0 Å². The lowest BCUT2D eigenvalue weighted by atomic mass is 10.3. The second kappa shape index (κ2) is 4.10. The van der Waals surface area contributed by atoms with E-state index >= 15 is 0 Å². The van der Waals surface area contributed by atoms with Gasteiger partial charge in [0.05, 0.1) is 4.90 Å². The topological polar surface area (TPSA) is 51.2 Å². The van der Waals surface area contributed by atoms with Gasteiger partial charge in [-0.15, -0.1) is 0 Å². The Bertz CT molecular complexity index is 462. The molecule has 82 valence electrons. The molecule has 0 aliphatic rings. The summed E-state index contributed by atoms with van der Waals surface area (Å²) in [5, 5.41) is -1.09. The van der Waals surface area contributed by atoms with Gasteiger partial charge in [-0.1, -0.05) is 0 Å². The minimum Gasteiger partial charge on any atom is -0.299 e. The molecule has 1 aromatic carbocycles. The molecule has 0 spiro atoms. The number of ketones is 1. The third-order valence-corrected chi connectivity index (χ3v) is 4.37. The summed E-state index contributed by atoms with van der Waals surface area (Å²) in [6.45, 7) is 2.53. The Morgan fingerprint density at radius 3 is 2.13 bits per heavy atom. The van der Waals surface area contributed by atoms with Crippen molar-refractivity contribution in [2.24, 2.45) is 0 Å². The van der Waals surface area contributed by atoms with E-state index in [2.05, 4.69) is 0 Å². The van der Waals surface area contributed by atoms with E-state index in [0.29, 0.717) is 0 Å². The Kier molecular flexibility index (Phi) is 3.24. The molecule has 1 unspecified atom stereocenters. The van der Waals surface area contributed by atoms with Gasteiger partial charge in [-0.05, 0) is 38.1 Å². The summed E-state index contributed by atoms with van der Waals surface area (Å²) in [6.07, 6.45) is 0. The highest BCUT2D eigenvalue weighted by Crippen LogP contribution is 2.16. The molecule has 3 nitrogen and oxygen atoms in total. The number of benzene rings is 1. The Morgan fingerprint density at radius 2 is 1.73 bits per heavy atom. The highest BCUT2D eigenvalue weighted by atomic mass is 32.2. The van der Waals surface area contributed by atoms with Gasteiger partial charge in [0.15, 0.2) is 9.84 Å². The fourth-order valence-corrected chi connectivity index (χ4v) is 2.41. The summed E-state index contributed by atoms with van der Waals surface area (Å²) in [5.74, 6) is -0.941. The van der Waals surface area contributed by atoms with E-state index in [0.717, 1.165) is 24.3 Å². The van der Waals surface area contributed by atoms with Gasteiger partial charge < -0.3 is 0 Å². The Labute approximate surface area is 87.8 Å². The molecule has 0 heterocycles. The number of sulfone groups is 1. The molecule has 0 N–H and O–H groups in total. The Hall–Kier alpha value is -1.23. The van der Waals surface area contributed by atoms with Gasteiger partial charge in [0.25, 0.3) is 0 Å². The van der Waals surface area contributed by atoms with E-state index in [-0.39, 0.29) is 4.90 Å².